The minimum Gasteiger partial charge on any atom is -0.398 e. The van der Waals surface area contributed by atoms with Crippen molar-refractivity contribution in [3.05, 3.63) is 49.0 Å². The van der Waals surface area contributed by atoms with Crippen LogP contribution in [0.1, 0.15) is 29.3 Å². The van der Waals surface area contributed by atoms with Crippen molar-refractivity contribution in [2.24, 2.45) is 0 Å². The van der Waals surface area contributed by atoms with E-state index in [9.17, 15) is 4.79 Å². The molecule has 1 heterocycles. The summed E-state index contributed by atoms with van der Waals surface area (Å²) in [7, 11) is 0. The van der Waals surface area contributed by atoms with Crippen LogP contribution < -0.4 is 5.73 Å². The molecule has 6 heteroatoms. The van der Waals surface area contributed by atoms with Gasteiger partial charge in [0, 0.05) is 18.8 Å². The van der Waals surface area contributed by atoms with Crippen molar-refractivity contribution in [3.63, 3.8) is 0 Å². The quantitative estimate of drug-likeness (QED) is 0.683. The molecule has 1 aromatic carbocycles. The van der Waals surface area contributed by atoms with Crippen molar-refractivity contribution < 1.29 is 4.79 Å². The third-order valence-corrected chi connectivity index (χ3v) is 5.42. The van der Waals surface area contributed by atoms with Crippen LogP contribution in [-0.4, -0.2) is 17.4 Å². The predicted molar refractivity (Wildman–Crippen MR) is 95.6 cm³/mol. The molecule has 1 aromatic heterocycles. The van der Waals surface area contributed by atoms with Crippen molar-refractivity contribution in [2.75, 3.05) is 12.3 Å². The zero-order chi connectivity index (χ0) is 15.4. The van der Waals surface area contributed by atoms with E-state index in [0.29, 0.717) is 18.7 Å². The lowest BCUT2D eigenvalue weighted by molar-refractivity contribution is 0.0743. The minimum absolute atomic E-state index is 0.0222. The summed E-state index contributed by atoms with van der Waals surface area (Å²) in [4.78, 5) is 14.6. The lowest BCUT2D eigenvalue weighted by Crippen LogP contribution is -2.31. The van der Waals surface area contributed by atoms with E-state index in [1.165, 1.54) is 11.3 Å². The number of hydrogen-bond acceptors (Lipinski definition) is 3. The Morgan fingerprint density at radius 2 is 2.05 bits per heavy atom. The van der Waals surface area contributed by atoms with Gasteiger partial charge in [0.05, 0.1) is 13.1 Å². The van der Waals surface area contributed by atoms with Crippen LogP contribution >= 0.6 is 43.2 Å². The summed E-state index contributed by atoms with van der Waals surface area (Å²) in [6.45, 7) is 3.29. The van der Waals surface area contributed by atoms with Gasteiger partial charge in [-0.15, -0.1) is 11.3 Å². The summed E-state index contributed by atoms with van der Waals surface area (Å²) in [5, 5.41) is 0. The fourth-order valence-electron chi connectivity index (χ4n) is 2.06. The molecule has 0 saturated heterocycles. The van der Waals surface area contributed by atoms with Gasteiger partial charge in [0.15, 0.2) is 0 Å². The van der Waals surface area contributed by atoms with Crippen LogP contribution in [0.4, 0.5) is 5.69 Å². The third kappa shape index (κ3) is 4.08. The summed E-state index contributed by atoms with van der Waals surface area (Å²) in [5.41, 5.74) is 8.37. The molecule has 21 heavy (non-hydrogen) atoms. The fourth-order valence-corrected chi connectivity index (χ4v) is 4.84. The van der Waals surface area contributed by atoms with Gasteiger partial charge in [-0.3, -0.25) is 4.79 Å². The molecule has 0 aliphatic heterocycles. The highest BCUT2D eigenvalue weighted by atomic mass is 79.9. The van der Waals surface area contributed by atoms with Crippen molar-refractivity contribution in [3.8, 4) is 0 Å². The SMILES string of the molecule is CCCN(Cc1ccccc1N)C(=O)c1cc(Br)sc1Br. The third-order valence-electron chi connectivity index (χ3n) is 3.08. The maximum absolute atomic E-state index is 12.7. The number of para-hydroxylation sites is 1. The second-order valence-electron chi connectivity index (χ2n) is 4.66. The van der Waals surface area contributed by atoms with Crippen LogP contribution in [0.2, 0.25) is 0 Å². The van der Waals surface area contributed by atoms with Gasteiger partial charge < -0.3 is 10.6 Å². The number of anilines is 1. The van der Waals surface area contributed by atoms with E-state index >= 15 is 0 Å². The number of carbonyl (C=O) groups excluding carboxylic acids is 1. The maximum Gasteiger partial charge on any atom is 0.256 e. The molecule has 1 amide bonds. The number of nitrogens with zero attached hydrogens (tertiary/aromatic N) is 1. The van der Waals surface area contributed by atoms with Crippen molar-refractivity contribution in [1.82, 2.24) is 4.90 Å². The molecule has 3 nitrogen and oxygen atoms in total. The summed E-state index contributed by atoms with van der Waals surface area (Å²) in [5.74, 6) is 0.0222. The van der Waals surface area contributed by atoms with Gasteiger partial charge in [0.2, 0.25) is 0 Å². The van der Waals surface area contributed by atoms with E-state index in [1.807, 2.05) is 35.2 Å². The topological polar surface area (TPSA) is 46.3 Å². The average molecular weight is 432 g/mol. The number of thiophene rings is 1. The second-order valence-corrected chi connectivity index (χ2v) is 8.41. The summed E-state index contributed by atoms with van der Waals surface area (Å²) in [6, 6.07) is 9.52. The number of nitrogen functional groups attached to an aromatic ring is 1. The number of carbonyl (C=O) groups is 1. The molecule has 0 atom stereocenters. The standard InChI is InChI=1S/C15H16Br2N2OS/c1-2-7-19(9-10-5-3-4-6-12(10)18)15(20)11-8-13(16)21-14(11)17/h3-6,8H,2,7,9,18H2,1H3. The number of benzene rings is 1. The minimum atomic E-state index is 0.0222. The highest BCUT2D eigenvalue weighted by Crippen LogP contribution is 2.33. The van der Waals surface area contributed by atoms with Crippen molar-refractivity contribution >= 4 is 54.8 Å². The first kappa shape index (κ1) is 16.5. The van der Waals surface area contributed by atoms with E-state index < -0.39 is 0 Å². The highest BCUT2D eigenvalue weighted by molar-refractivity contribution is 9.12. The maximum atomic E-state index is 12.7. The molecule has 0 fully saturated rings. The van der Waals surface area contributed by atoms with Crippen LogP contribution in [0.25, 0.3) is 0 Å². The van der Waals surface area contributed by atoms with Crippen molar-refractivity contribution in [1.29, 1.82) is 0 Å². The lowest BCUT2D eigenvalue weighted by atomic mass is 10.1. The summed E-state index contributed by atoms with van der Waals surface area (Å²) in [6.07, 6.45) is 0.904. The Morgan fingerprint density at radius 3 is 2.62 bits per heavy atom. The summed E-state index contributed by atoms with van der Waals surface area (Å²) < 4.78 is 1.79. The Balaban J connectivity index is 2.24. The number of rotatable bonds is 5. The van der Waals surface area contributed by atoms with Gasteiger partial charge in [-0.05, 0) is 56.0 Å². The van der Waals surface area contributed by atoms with E-state index in [4.69, 9.17) is 5.73 Å². The highest BCUT2D eigenvalue weighted by Gasteiger charge is 2.20. The molecule has 0 saturated carbocycles. The van der Waals surface area contributed by atoms with E-state index in [0.717, 1.165) is 25.2 Å². The normalized spacial score (nSPS) is 10.6. The fraction of sp³-hybridized carbons (Fsp3) is 0.267. The first-order valence-corrected chi connectivity index (χ1v) is 9.00. The zero-order valence-corrected chi connectivity index (χ0v) is 15.6. The number of amides is 1. The molecular weight excluding hydrogens is 416 g/mol. The summed E-state index contributed by atoms with van der Waals surface area (Å²) >= 11 is 8.37. The number of nitrogens with two attached hydrogens (primary N) is 1. The molecule has 112 valence electrons. The monoisotopic (exact) mass is 430 g/mol. The molecule has 0 unspecified atom stereocenters. The molecular formula is C15H16Br2N2OS. The number of halogens is 2. The van der Waals surface area contributed by atoms with Crippen LogP contribution in [0.15, 0.2) is 37.9 Å². The second kappa shape index (κ2) is 7.42. The molecule has 0 aliphatic rings. The van der Waals surface area contributed by atoms with Gasteiger partial charge in [0.25, 0.3) is 5.91 Å². The molecule has 2 rings (SSSR count). The molecule has 0 bridgehead atoms. The first-order valence-electron chi connectivity index (χ1n) is 6.60. The Kier molecular flexibility index (Phi) is 5.84. The predicted octanol–water partition coefficient (Wildman–Crippen LogP) is 4.91. The van der Waals surface area contributed by atoms with Crippen LogP contribution in [0.3, 0.4) is 0 Å². The van der Waals surface area contributed by atoms with E-state index in [2.05, 4.69) is 38.8 Å². The Morgan fingerprint density at radius 1 is 1.33 bits per heavy atom. The van der Waals surface area contributed by atoms with Gasteiger partial charge in [-0.2, -0.15) is 0 Å². The van der Waals surface area contributed by atoms with Gasteiger partial charge in [-0.1, -0.05) is 25.1 Å². The smallest absolute Gasteiger partial charge is 0.256 e. The van der Waals surface area contributed by atoms with Crippen LogP contribution in [0, 0.1) is 0 Å². The molecule has 2 aromatic rings. The molecule has 2 N–H and O–H groups in total. The largest absolute Gasteiger partial charge is 0.398 e. The van der Waals surface area contributed by atoms with Crippen LogP contribution in [-0.2, 0) is 6.54 Å². The van der Waals surface area contributed by atoms with Gasteiger partial charge in [0.1, 0.15) is 0 Å². The molecule has 0 radical (unpaired) electrons. The average Bonchev–Trinajstić information content (AvgIpc) is 2.79. The van der Waals surface area contributed by atoms with E-state index in [1.54, 1.807) is 0 Å². The molecule has 0 spiro atoms. The van der Waals surface area contributed by atoms with Gasteiger partial charge in [-0.25, -0.2) is 0 Å². The van der Waals surface area contributed by atoms with Crippen LogP contribution in [0.5, 0.6) is 0 Å². The zero-order valence-electron chi connectivity index (χ0n) is 11.6. The van der Waals surface area contributed by atoms with Crippen molar-refractivity contribution in [2.45, 2.75) is 19.9 Å². The molecule has 0 aliphatic carbocycles. The Hall–Kier alpha value is -0.850. The lowest BCUT2D eigenvalue weighted by Gasteiger charge is -2.23. The number of hydrogen-bond donors (Lipinski definition) is 1. The first-order chi connectivity index (χ1) is 10.0. The van der Waals surface area contributed by atoms with E-state index in [-0.39, 0.29) is 5.91 Å². The Bertz CT molecular complexity index is 642. The van der Waals surface area contributed by atoms with Gasteiger partial charge >= 0.3 is 0 Å². The Labute approximate surface area is 145 Å².